The van der Waals surface area contributed by atoms with E-state index in [-0.39, 0.29) is 19.4 Å². The van der Waals surface area contributed by atoms with Crippen molar-refractivity contribution in [2.75, 3.05) is 13.2 Å². The zero-order valence-electron chi connectivity index (χ0n) is 26.8. The van der Waals surface area contributed by atoms with Crippen LogP contribution in [0.1, 0.15) is 52.4 Å². The minimum absolute atomic E-state index is 0.0542. The molecule has 3 fully saturated rings. The van der Waals surface area contributed by atoms with Crippen LogP contribution in [0.3, 0.4) is 0 Å². The third kappa shape index (κ3) is 13.0. The zero-order chi connectivity index (χ0) is 34.8. The molecule has 0 spiro atoms. The number of hydrogen-bond acceptors (Lipinski definition) is 16. The maximum absolute atomic E-state index is 11.0. The van der Waals surface area contributed by atoms with Crippen molar-refractivity contribution >= 4 is 12.6 Å². The molecule has 0 amide bonds. The second kappa shape index (κ2) is 22.8. The summed E-state index contributed by atoms with van der Waals surface area (Å²) in [6, 6.07) is -3.27. The van der Waals surface area contributed by atoms with Crippen LogP contribution in [0.15, 0.2) is 24.3 Å². The Hall–Kier alpha value is -1.74. The maximum Gasteiger partial charge on any atom is 0.186 e. The van der Waals surface area contributed by atoms with Crippen LogP contribution < -0.4 is 28.7 Å². The minimum atomic E-state index is -1.44. The fraction of sp³-hybridized carbons (Fsp3) is 0.800. The van der Waals surface area contributed by atoms with Gasteiger partial charge in [0.25, 0.3) is 0 Å². The van der Waals surface area contributed by atoms with Gasteiger partial charge in [-0.05, 0) is 37.8 Å². The minimum Gasteiger partial charge on any atom is -0.394 e. The number of rotatable bonds is 12. The van der Waals surface area contributed by atoms with Crippen molar-refractivity contribution in [3.63, 3.8) is 0 Å². The van der Waals surface area contributed by atoms with Crippen LogP contribution in [0.2, 0.25) is 0 Å². The van der Waals surface area contributed by atoms with Crippen molar-refractivity contribution in [2.24, 2.45) is 28.7 Å². The van der Waals surface area contributed by atoms with E-state index in [1.54, 1.807) is 0 Å². The number of nitrogens with two attached hydrogens (primary N) is 5. The third-order valence-corrected chi connectivity index (χ3v) is 7.75. The van der Waals surface area contributed by atoms with Gasteiger partial charge in [-0.1, -0.05) is 38.8 Å². The number of aldehydes is 2. The normalized spacial score (nSPS) is 39.7. The summed E-state index contributed by atoms with van der Waals surface area (Å²) in [5.41, 5.74) is 29.8. The van der Waals surface area contributed by atoms with Crippen molar-refractivity contribution in [3.05, 3.63) is 24.3 Å². The van der Waals surface area contributed by atoms with Crippen LogP contribution in [-0.2, 0) is 28.5 Å². The van der Waals surface area contributed by atoms with Gasteiger partial charge in [0.1, 0.15) is 49.2 Å². The molecule has 14 atom stereocenters. The van der Waals surface area contributed by atoms with Gasteiger partial charge in [-0.25, -0.2) is 0 Å². The number of carbonyl (C=O) groups is 2. The fourth-order valence-electron chi connectivity index (χ4n) is 5.06. The lowest BCUT2D eigenvalue weighted by molar-refractivity contribution is -0.314. The van der Waals surface area contributed by atoms with Crippen molar-refractivity contribution in [2.45, 2.75) is 138 Å². The Labute approximate surface area is 270 Å². The van der Waals surface area contributed by atoms with Crippen LogP contribution in [0, 0.1) is 0 Å². The second-order valence-electron chi connectivity index (χ2n) is 11.5. The highest BCUT2D eigenvalue weighted by Gasteiger charge is 2.50. The molecule has 2 aliphatic heterocycles. The quantitative estimate of drug-likeness (QED) is 0.0725. The molecule has 2 heterocycles. The smallest absolute Gasteiger partial charge is 0.186 e. The van der Waals surface area contributed by atoms with Crippen molar-refractivity contribution in [3.8, 4) is 0 Å². The molecule has 0 aromatic heterocycles. The van der Waals surface area contributed by atoms with E-state index in [2.05, 4.69) is 13.8 Å². The summed E-state index contributed by atoms with van der Waals surface area (Å²) >= 11 is 0. The molecule has 0 unspecified atom stereocenters. The first-order chi connectivity index (χ1) is 21.9. The lowest BCUT2D eigenvalue weighted by Gasteiger charge is -2.47. The molecule has 0 aromatic rings. The van der Waals surface area contributed by atoms with Crippen LogP contribution in [-0.4, -0.2) is 137 Å². The van der Waals surface area contributed by atoms with Crippen molar-refractivity contribution < 1.29 is 54.1 Å². The Balaban J connectivity index is 0.000000629. The van der Waals surface area contributed by atoms with E-state index in [0.717, 1.165) is 38.3 Å². The van der Waals surface area contributed by atoms with Gasteiger partial charge in [0.2, 0.25) is 0 Å². The number of aliphatic hydroxyl groups excluding tert-OH is 5. The Bertz CT molecular complexity index is 881. The van der Waals surface area contributed by atoms with Gasteiger partial charge in [-0.2, -0.15) is 0 Å². The second-order valence-corrected chi connectivity index (χ2v) is 11.5. The molecule has 16 heteroatoms. The molecule has 0 radical (unpaired) electrons. The van der Waals surface area contributed by atoms with Crippen molar-refractivity contribution in [1.29, 1.82) is 0 Å². The highest BCUT2D eigenvalue weighted by Crippen LogP contribution is 2.30. The van der Waals surface area contributed by atoms with Crippen LogP contribution in [0.4, 0.5) is 0 Å². The van der Waals surface area contributed by atoms with Gasteiger partial charge in [0.05, 0.1) is 30.9 Å². The van der Waals surface area contributed by atoms with Gasteiger partial charge in [0, 0.05) is 18.6 Å². The molecule has 1 saturated carbocycles. The molecule has 3 aliphatic rings. The Morgan fingerprint density at radius 1 is 0.717 bits per heavy atom. The highest BCUT2D eigenvalue weighted by atomic mass is 16.7. The predicted octanol–water partition coefficient (Wildman–Crippen LogP) is -3.21. The van der Waals surface area contributed by atoms with E-state index < -0.39 is 92.2 Å². The van der Waals surface area contributed by atoms with Gasteiger partial charge < -0.3 is 73.1 Å². The SMILES string of the molecule is CCC/C=C/C=O.CCC/C=C/C=O.NC[C@H]1O[C@H](O[C@H]2[C@H](O)[C@@H](O[C@H]3O[C@H](CO)[C@@H](O)[C@H](N)[C@H]3O)[C@H](N)C[C@@H]2N)[C@H](N)C[C@@H]1O. The standard InChI is InChI=1S/C18H37N5O9.2C6H10O/c19-3-9-8(25)2-7(22)17(29-9)31-15-5(20)1-6(21)16(14(15)28)32-18-13(27)11(23)12(26)10(4-24)30-18;2*1-2-3-4-5-6-7/h5-18,24-28H,1-4,19-23H2;2*4-6H,2-3H2,1H3/b;2*5-4+/t5-,6+,7+,8-,9+,10+,11-,12+,13+,14-,15+,16-,17+,18+;;/m0../s1. The van der Waals surface area contributed by atoms with Crippen LogP contribution in [0.25, 0.3) is 0 Å². The van der Waals surface area contributed by atoms with Gasteiger partial charge in [-0.15, -0.1) is 0 Å². The topological polar surface area (TPSA) is 302 Å². The van der Waals surface area contributed by atoms with Gasteiger partial charge in [0.15, 0.2) is 12.6 Å². The van der Waals surface area contributed by atoms with Crippen LogP contribution in [0.5, 0.6) is 0 Å². The Morgan fingerprint density at radius 3 is 1.67 bits per heavy atom. The van der Waals surface area contributed by atoms with E-state index >= 15 is 0 Å². The van der Waals surface area contributed by atoms with Gasteiger partial charge in [-0.3, -0.25) is 9.59 Å². The number of allylic oxidation sites excluding steroid dienone is 4. The largest absolute Gasteiger partial charge is 0.394 e. The molecule has 268 valence electrons. The lowest BCUT2D eigenvalue weighted by Crippen LogP contribution is -2.68. The molecular weight excluding hydrogens is 606 g/mol. The van der Waals surface area contributed by atoms with E-state index in [1.807, 2.05) is 12.2 Å². The van der Waals surface area contributed by atoms with Crippen LogP contribution >= 0.6 is 0 Å². The summed E-state index contributed by atoms with van der Waals surface area (Å²) in [6.45, 7) is 3.66. The summed E-state index contributed by atoms with van der Waals surface area (Å²) in [5, 5.41) is 50.7. The molecule has 15 N–H and O–H groups in total. The third-order valence-electron chi connectivity index (χ3n) is 7.75. The summed E-state index contributed by atoms with van der Waals surface area (Å²) in [4.78, 5) is 19.2. The average Bonchev–Trinajstić information content (AvgIpc) is 3.03. The predicted molar refractivity (Wildman–Crippen MR) is 169 cm³/mol. The number of ether oxygens (including phenoxy) is 4. The summed E-state index contributed by atoms with van der Waals surface area (Å²) in [5.74, 6) is 0. The zero-order valence-corrected chi connectivity index (χ0v) is 26.8. The molecule has 3 rings (SSSR count). The molecular formula is C30H57N5O11. The first-order valence-corrected chi connectivity index (χ1v) is 15.8. The maximum atomic E-state index is 11.0. The Morgan fingerprint density at radius 2 is 1.22 bits per heavy atom. The molecule has 0 aromatic carbocycles. The molecule has 46 heavy (non-hydrogen) atoms. The fourth-order valence-corrected chi connectivity index (χ4v) is 5.06. The first-order valence-electron chi connectivity index (χ1n) is 15.8. The van der Waals surface area contributed by atoms with Crippen molar-refractivity contribution in [1.82, 2.24) is 0 Å². The Kier molecular flexibility index (Phi) is 20.9. The molecule has 16 nitrogen and oxygen atoms in total. The summed E-state index contributed by atoms with van der Waals surface area (Å²) in [7, 11) is 0. The van der Waals surface area contributed by atoms with E-state index in [1.165, 1.54) is 12.2 Å². The molecule has 1 aliphatic carbocycles. The number of aliphatic hydroxyl groups is 5. The average molecular weight is 664 g/mol. The molecule has 2 saturated heterocycles. The number of hydrogen-bond donors (Lipinski definition) is 10. The van der Waals surface area contributed by atoms with E-state index in [0.29, 0.717) is 0 Å². The van der Waals surface area contributed by atoms with E-state index in [4.69, 9.17) is 47.6 Å². The molecule has 0 bridgehead atoms. The highest BCUT2D eigenvalue weighted by molar-refractivity contribution is 5.64. The van der Waals surface area contributed by atoms with Gasteiger partial charge >= 0.3 is 0 Å². The first kappa shape index (κ1) is 42.3. The monoisotopic (exact) mass is 663 g/mol. The number of carbonyl (C=O) groups excluding carboxylic acids is 2. The van der Waals surface area contributed by atoms with E-state index in [9.17, 15) is 35.1 Å². The summed E-state index contributed by atoms with van der Waals surface area (Å²) in [6.07, 6.45) is 1.89. The lowest BCUT2D eigenvalue weighted by atomic mass is 9.84. The summed E-state index contributed by atoms with van der Waals surface area (Å²) < 4.78 is 22.7. The number of unbranched alkanes of at least 4 members (excludes halogenated alkanes) is 2.